The maximum atomic E-state index is 5.34. The molecular weight excluding hydrogens is 752 g/mol. The fraction of sp³-hybridized carbons (Fsp3) is 0.0833. The third kappa shape index (κ3) is 15.5. The van der Waals surface area contributed by atoms with Gasteiger partial charge in [-0.25, -0.2) is 9.97 Å². The molecule has 0 saturated carbocycles. The molecule has 5 heterocycles. The van der Waals surface area contributed by atoms with E-state index in [9.17, 15) is 0 Å². The normalized spacial score (nSPS) is 10.5. The fourth-order valence-electron chi connectivity index (χ4n) is 5.17. The van der Waals surface area contributed by atoms with Gasteiger partial charge in [0.05, 0.1) is 22.8 Å². The van der Waals surface area contributed by atoms with E-state index in [-0.39, 0.29) is 17.1 Å². The topological polar surface area (TPSA) is 161 Å². The number of H-pyrrole nitrogens is 2. The molecule has 2 aliphatic rings. The molecule has 0 aliphatic carbocycles. The maximum Gasteiger partial charge on any atom is 0.0659 e. The second-order valence-electron chi connectivity index (χ2n) is 12.4. The Bertz CT molecular complexity index is 2160. The minimum Gasteiger partial charge on any atom is -0.355 e. The fourth-order valence-corrected chi connectivity index (χ4v) is 5.17. The Morgan fingerprint density at radius 3 is 0.842 bits per heavy atom. The second-order valence-corrected chi connectivity index (χ2v) is 12.4. The zero-order valence-corrected chi connectivity index (χ0v) is 32.4. The van der Waals surface area contributed by atoms with Crippen molar-refractivity contribution >= 4 is 46.4 Å². The van der Waals surface area contributed by atoms with Crippen LogP contribution in [-0.2, 0) is 43.2 Å². The average Bonchev–Trinajstić information content (AvgIpc) is 4.10. The quantitative estimate of drug-likeness (QED) is 0.0774. The van der Waals surface area contributed by atoms with Gasteiger partial charge in [-0.15, -0.1) is 22.3 Å². The van der Waals surface area contributed by atoms with E-state index in [0.717, 1.165) is 67.1 Å². The number of fused-ring (bicyclic) bond motifs is 8. The summed E-state index contributed by atoms with van der Waals surface area (Å²) in [5.74, 6) is 0. The van der Waals surface area contributed by atoms with Crippen LogP contribution >= 0.6 is 0 Å². The molecule has 3 aromatic heterocycles. The van der Waals surface area contributed by atoms with E-state index in [1.54, 1.807) is 0 Å². The van der Waals surface area contributed by atoms with Gasteiger partial charge in [0, 0.05) is 39.1 Å². The van der Waals surface area contributed by atoms with Gasteiger partial charge in [-0.3, -0.25) is 0 Å². The van der Waals surface area contributed by atoms with Crippen LogP contribution < -0.4 is 22.9 Å². The van der Waals surface area contributed by atoms with Gasteiger partial charge < -0.3 is 32.9 Å². The summed E-state index contributed by atoms with van der Waals surface area (Å²) in [4.78, 5) is 16.0. The van der Waals surface area contributed by atoms with Crippen molar-refractivity contribution in [1.29, 1.82) is 0 Å². The molecule has 57 heavy (non-hydrogen) atoms. The third-order valence-electron chi connectivity index (χ3n) is 8.13. The molecule has 10 N–H and O–H groups in total. The summed E-state index contributed by atoms with van der Waals surface area (Å²) in [5, 5.41) is 0. The Balaban J connectivity index is 0.000000180. The summed E-state index contributed by atoms with van der Waals surface area (Å²) in [6.07, 6.45) is 8.05. The minimum absolute atomic E-state index is 0. The molecule has 293 valence electrons. The molecule has 0 amide bonds. The maximum absolute atomic E-state index is 5.34. The van der Waals surface area contributed by atoms with Gasteiger partial charge in [-0.2, -0.15) is 121 Å². The molecule has 8 nitrogen and oxygen atoms in total. The number of nitrogens with one attached hydrogen (secondary N) is 2. The predicted octanol–water partition coefficient (Wildman–Crippen LogP) is 8.44. The minimum atomic E-state index is 0. The molecule has 0 fully saturated rings. The molecule has 7 aromatic rings. The summed E-state index contributed by atoms with van der Waals surface area (Å²) in [5.41, 5.74) is 33.8. The molecule has 9 rings (SSSR count). The molecule has 0 spiro atoms. The SMILES string of the molecule is C1=Cc2cc3ccc(cc4ccc(cc5nc(cc1n2)C=C5)[nH]4)[nH]3.NCc1cc[c-]cc1.NCc1cc[c-]cc1.NCc1cc[c-]cc1.NCc1cc[c-]cc1.[Cu]. The van der Waals surface area contributed by atoms with Crippen molar-refractivity contribution in [3.8, 4) is 0 Å². The van der Waals surface area contributed by atoms with E-state index in [1.807, 2.05) is 140 Å². The number of nitrogens with two attached hydrogens (primary N) is 4. The number of nitrogens with zero attached hydrogens (tertiary/aromatic N) is 2. The monoisotopic (exact) mass is 797 g/mol. The van der Waals surface area contributed by atoms with Crippen molar-refractivity contribution in [1.82, 2.24) is 19.9 Å². The first kappa shape index (κ1) is 43.6. The molecule has 0 saturated heterocycles. The smallest absolute Gasteiger partial charge is 0.0659 e. The number of aromatic amines is 2. The molecular formula is C48H46CuN8-4. The van der Waals surface area contributed by atoms with Gasteiger partial charge in [0.25, 0.3) is 0 Å². The predicted molar refractivity (Wildman–Crippen MR) is 232 cm³/mol. The van der Waals surface area contributed by atoms with E-state index in [1.165, 1.54) is 0 Å². The number of benzene rings is 4. The standard InChI is InChI=1S/C20H14N4.4C7H8N.Cu/c1-2-14-10-16-5-6-18(23-16)12-20-8-7-19(24-20)11-17-4-3-15(22-17)9-13(1)21-14;4*8-6-7-4-2-1-3-5-7;/h1-12,21-22H;4*2-5H,6,8H2;/q;4*-1;. The Morgan fingerprint density at radius 1 is 0.351 bits per heavy atom. The Kier molecular flexibility index (Phi) is 18.6. The zero-order valence-electron chi connectivity index (χ0n) is 31.5. The molecule has 9 heteroatoms. The zero-order chi connectivity index (χ0) is 39.2. The van der Waals surface area contributed by atoms with Crippen LogP contribution in [0.2, 0.25) is 0 Å². The first-order chi connectivity index (χ1) is 27.5. The van der Waals surface area contributed by atoms with Gasteiger partial charge in [0.15, 0.2) is 0 Å². The van der Waals surface area contributed by atoms with Crippen LogP contribution in [-0.4, -0.2) is 19.9 Å². The molecule has 4 aromatic carbocycles. The van der Waals surface area contributed by atoms with Gasteiger partial charge in [-0.05, 0) is 99.0 Å². The Labute approximate surface area is 345 Å². The first-order valence-corrected chi connectivity index (χ1v) is 18.2. The number of rotatable bonds is 4. The molecule has 8 bridgehead atoms. The Morgan fingerprint density at radius 2 is 0.596 bits per heavy atom. The van der Waals surface area contributed by atoms with E-state index in [0.29, 0.717) is 26.2 Å². The van der Waals surface area contributed by atoms with E-state index < -0.39 is 0 Å². The Hall–Kier alpha value is -6.16. The molecule has 1 radical (unpaired) electrons. The van der Waals surface area contributed by atoms with Crippen LogP contribution in [0.1, 0.15) is 45.0 Å². The van der Waals surface area contributed by atoms with Crippen molar-refractivity contribution in [2.24, 2.45) is 22.9 Å². The second kappa shape index (κ2) is 24.4. The van der Waals surface area contributed by atoms with Crippen molar-refractivity contribution in [3.05, 3.63) is 215 Å². The van der Waals surface area contributed by atoms with Crippen LogP contribution in [0.5, 0.6) is 0 Å². The van der Waals surface area contributed by atoms with Crippen LogP contribution in [0.3, 0.4) is 0 Å². The molecule has 0 unspecified atom stereocenters. The summed E-state index contributed by atoms with van der Waals surface area (Å²) >= 11 is 0. The first-order valence-electron chi connectivity index (χ1n) is 18.2. The van der Waals surface area contributed by atoms with Crippen molar-refractivity contribution < 1.29 is 17.1 Å². The van der Waals surface area contributed by atoms with Crippen LogP contribution in [0.4, 0.5) is 0 Å². The van der Waals surface area contributed by atoms with Crippen molar-refractivity contribution in [3.63, 3.8) is 0 Å². The van der Waals surface area contributed by atoms with Crippen LogP contribution in [0.15, 0.2) is 146 Å². The van der Waals surface area contributed by atoms with E-state index in [4.69, 9.17) is 22.9 Å². The van der Waals surface area contributed by atoms with Gasteiger partial charge in [0.2, 0.25) is 0 Å². The number of aromatic nitrogens is 4. The summed E-state index contributed by atoms with van der Waals surface area (Å²) in [6, 6.07) is 58.6. The average molecular weight is 798 g/mol. The van der Waals surface area contributed by atoms with Crippen LogP contribution in [0, 0.1) is 24.3 Å². The van der Waals surface area contributed by atoms with Crippen molar-refractivity contribution in [2.75, 3.05) is 0 Å². The summed E-state index contributed by atoms with van der Waals surface area (Å²) < 4.78 is 0. The summed E-state index contributed by atoms with van der Waals surface area (Å²) in [6.45, 7) is 2.48. The molecule has 0 atom stereocenters. The van der Waals surface area contributed by atoms with E-state index in [2.05, 4.69) is 74.5 Å². The number of hydrogen-bond acceptors (Lipinski definition) is 6. The molecule has 2 aliphatic heterocycles. The number of hydrogen-bond donors (Lipinski definition) is 6. The van der Waals surface area contributed by atoms with Gasteiger partial charge >= 0.3 is 0 Å². The van der Waals surface area contributed by atoms with Gasteiger partial charge in [0.1, 0.15) is 0 Å². The summed E-state index contributed by atoms with van der Waals surface area (Å²) in [7, 11) is 0. The van der Waals surface area contributed by atoms with Gasteiger partial charge in [-0.1, -0.05) is 0 Å². The van der Waals surface area contributed by atoms with Crippen molar-refractivity contribution in [2.45, 2.75) is 26.2 Å². The van der Waals surface area contributed by atoms with E-state index >= 15 is 0 Å². The third-order valence-corrected chi connectivity index (χ3v) is 8.13. The van der Waals surface area contributed by atoms with Crippen LogP contribution in [0.25, 0.3) is 46.4 Å². The largest absolute Gasteiger partial charge is 0.355 e.